The predicted octanol–water partition coefficient (Wildman–Crippen LogP) is 4.20. The monoisotopic (exact) mass is 470 g/mol. The van der Waals surface area contributed by atoms with Crippen LogP contribution in [0.15, 0.2) is 58.5 Å². The van der Waals surface area contributed by atoms with Gasteiger partial charge in [-0.15, -0.1) is 11.3 Å². The van der Waals surface area contributed by atoms with E-state index in [2.05, 4.69) is 77.7 Å². The van der Waals surface area contributed by atoms with Crippen molar-refractivity contribution in [2.24, 2.45) is 0 Å². The number of piperazine rings is 1. The normalized spacial score (nSPS) is 16.7. The average molecular weight is 471 g/mol. The first-order chi connectivity index (χ1) is 14.2. The Morgan fingerprint density at radius 3 is 2.59 bits per heavy atom. The number of aliphatic hydroxyl groups is 1. The van der Waals surface area contributed by atoms with Crippen LogP contribution in [0.25, 0.3) is 21.8 Å². The first-order valence-corrected chi connectivity index (χ1v) is 11.6. The highest BCUT2D eigenvalue weighted by Gasteiger charge is 2.21. The van der Waals surface area contributed by atoms with E-state index in [1.807, 2.05) is 11.6 Å². The van der Waals surface area contributed by atoms with Crippen molar-refractivity contribution < 1.29 is 5.11 Å². The van der Waals surface area contributed by atoms with Gasteiger partial charge >= 0.3 is 0 Å². The molecule has 1 atom stereocenters. The molecule has 1 aliphatic rings. The Bertz CT molecular complexity index is 1120. The fourth-order valence-corrected chi connectivity index (χ4v) is 5.34. The van der Waals surface area contributed by atoms with Crippen LogP contribution in [0.2, 0.25) is 0 Å². The van der Waals surface area contributed by atoms with Crippen LogP contribution in [0.4, 0.5) is 5.13 Å². The molecule has 0 bridgehead atoms. The largest absolute Gasteiger partial charge is 0.390 e. The predicted molar refractivity (Wildman–Crippen MR) is 124 cm³/mol. The Hall–Kier alpha value is -1.93. The van der Waals surface area contributed by atoms with E-state index in [0.717, 1.165) is 35.8 Å². The zero-order valence-corrected chi connectivity index (χ0v) is 18.4. The van der Waals surface area contributed by atoms with Crippen LogP contribution in [-0.4, -0.2) is 58.4 Å². The van der Waals surface area contributed by atoms with E-state index >= 15 is 0 Å². The number of fused-ring (bicyclic) bond motifs is 3. The number of benzene rings is 2. The molecule has 2 aromatic heterocycles. The molecule has 5 nitrogen and oxygen atoms in total. The number of aliphatic hydroxyl groups excluding tert-OH is 1. The summed E-state index contributed by atoms with van der Waals surface area (Å²) < 4.78 is 3.33. The van der Waals surface area contributed by atoms with Crippen LogP contribution in [0.1, 0.15) is 0 Å². The molecule has 7 heteroatoms. The molecule has 0 unspecified atom stereocenters. The summed E-state index contributed by atoms with van der Waals surface area (Å²) in [6.45, 7) is 5.12. The molecule has 0 saturated carbocycles. The summed E-state index contributed by atoms with van der Waals surface area (Å²) in [6.07, 6.45) is 1.45. The summed E-state index contributed by atoms with van der Waals surface area (Å²) in [5.74, 6) is 0. The third-order valence-corrected chi connectivity index (χ3v) is 6.98. The smallest absolute Gasteiger partial charge is 0.185 e. The third kappa shape index (κ3) is 3.80. The van der Waals surface area contributed by atoms with E-state index in [0.29, 0.717) is 13.1 Å². The van der Waals surface area contributed by atoms with Gasteiger partial charge in [-0.05, 0) is 24.3 Å². The number of nitrogens with zero attached hydrogens (tertiary/aromatic N) is 4. The van der Waals surface area contributed by atoms with Crippen molar-refractivity contribution in [3.63, 3.8) is 0 Å². The number of halogens is 1. The molecule has 0 spiro atoms. The molecule has 0 aliphatic carbocycles. The van der Waals surface area contributed by atoms with Crippen molar-refractivity contribution in [1.82, 2.24) is 14.5 Å². The van der Waals surface area contributed by atoms with Gasteiger partial charge in [-0.2, -0.15) is 0 Å². The summed E-state index contributed by atoms with van der Waals surface area (Å²) in [5.41, 5.74) is 2.34. The van der Waals surface area contributed by atoms with Crippen molar-refractivity contribution >= 4 is 54.2 Å². The number of rotatable bonds is 5. The summed E-state index contributed by atoms with van der Waals surface area (Å²) in [6, 6.07) is 14.8. The van der Waals surface area contributed by atoms with Crippen LogP contribution in [-0.2, 0) is 6.54 Å². The van der Waals surface area contributed by atoms with Gasteiger partial charge in [-0.25, -0.2) is 4.98 Å². The SMILES string of the molecule is O[C@@H](CN1CCN(c2nccs2)CC1)Cn1c2ccccc2c2cc(Br)ccc21. The minimum absolute atomic E-state index is 0.413. The van der Waals surface area contributed by atoms with Gasteiger partial charge in [-0.3, -0.25) is 4.90 Å². The van der Waals surface area contributed by atoms with Crippen molar-refractivity contribution in [2.45, 2.75) is 12.6 Å². The lowest BCUT2D eigenvalue weighted by Crippen LogP contribution is -2.49. The van der Waals surface area contributed by atoms with Gasteiger partial charge in [0.15, 0.2) is 5.13 Å². The van der Waals surface area contributed by atoms with Crippen LogP contribution in [0.5, 0.6) is 0 Å². The van der Waals surface area contributed by atoms with Gasteiger partial charge in [0.2, 0.25) is 0 Å². The van der Waals surface area contributed by atoms with Crippen LogP contribution in [0, 0.1) is 0 Å². The lowest BCUT2D eigenvalue weighted by molar-refractivity contribution is 0.0969. The van der Waals surface area contributed by atoms with E-state index in [-0.39, 0.29) is 0 Å². The third-order valence-electron chi connectivity index (χ3n) is 5.66. The zero-order chi connectivity index (χ0) is 19.8. The molecule has 1 N–H and O–H groups in total. The van der Waals surface area contributed by atoms with Gasteiger partial charge in [0, 0.05) is 70.6 Å². The van der Waals surface area contributed by atoms with Gasteiger partial charge in [0.1, 0.15) is 0 Å². The van der Waals surface area contributed by atoms with E-state index in [4.69, 9.17) is 0 Å². The number of anilines is 1. The first kappa shape index (κ1) is 19.1. The summed E-state index contributed by atoms with van der Waals surface area (Å²) >= 11 is 5.28. The fraction of sp³-hybridized carbons (Fsp3) is 0.318. The molecule has 1 fully saturated rings. The molecule has 1 saturated heterocycles. The fourth-order valence-electron chi connectivity index (χ4n) is 4.28. The van der Waals surface area contributed by atoms with Gasteiger partial charge in [-0.1, -0.05) is 34.1 Å². The second-order valence-corrected chi connectivity index (χ2v) is 9.33. The molecular weight excluding hydrogens is 448 g/mol. The van der Waals surface area contributed by atoms with Gasteiger partial charge < -0.3 is 14.6 Å². The summed E-state index contributed by atoms with van der Waals surface area (Å²) in [4.78, 5) is 9.10. The molecule has 150 valence electrons. The number of thiazole rings is 1. The Labute approximate surface area is 182 Å². The molecule has 5 rings (SSSR count). The minimum Gasteiger partial charge on any atom is -0.390 e. The summed E-state index contributed by atoms with van der Waals surface area (Å²) in [5, 5.41) is 16.5. The number of para-hydroxylation sites is 1. The van der Waals surface area contributed by atoms with Gasteiger partial charge in [0.05, 0.1) is 12.6 Å². The standard InChI is InChI=1S/C22H23BrN4OS/c23-16-5-6-21-19(13-16)18-3-1-2-4-20(18)27(21)15-17(28)14-25-8-10-26(11-9-25)22-24-7-12-29-22/h1-7,12-13,17,28H,8-11,14-15H2/t17-/m0/s1. The number of hydrogen-bond donors (Lipinski definition) is 1. The maximum absolute atomic E-state index is 10.9. The molecule has 0 radical (unpaired) electrons. The Kier molecular flexibility index (Phi) is 5.30. The van der Waals surface area contributed by atoms with Crippen LogP contribution >= 0.6 is 27.3 Å². The molecule has 3 heterocycles. The molecule has 0 amide bonds. The second-order valence-electron chi connectivity index (χ2n) is 7.55. The van der Waals surface area contributed by atoms with Crippen molar-refractivity contribution in [1.29, 1.82) is 0 Å². The minimum atomic E-state index is -0.413. The average Bonchev–Trinajstić information content (AvgIpc) is 3.36. The van der Waals surface area contributed by atoms with E-state index in [9.17, 15) is 5.11 Å². The Balaban J connectivity index is 1.31. The maximum atomic E-state index is 10.9. The highest BCUT2D eigenvalue weighted by Crippen LogP contribution is 2.31. The lowest BCUT2D eigenvalue weighted by atomic mass is 10.2. The van der Waals surface area contributed by atoms with E-state index in [1.165, 1.54) is 21.8 Å². The van der Waals surface area contributed by atoms with Crippen molar-refractivity contribution in [3.8, 4) is 0 Å². The van der Waals surface area contributed by atoms with Gasteiger partial charge in [0.25, 0.3) is 0 Å². The molecule has 4 aromatic rings. The van der Waals surface area contributed by atoms with E-state index < -0.39 is 6.10 Å². The Morgan fingerprint density at radius 2 is 1.79 bits per heavy atom. The highest BCUT2D eigenvalue weighted by molar-refractivity contribution is 9.10. The molecular formula is C22H23BrN4OS. The zero-order valence-electron chi connectivity index (χ0n) is 16.0. The van der Waals surface area contributed by atoms with Crippen LogP contribution in [0.3, 0.4) is 0 Å². The maximum Gasteiger partial charge on any atom is 0.185 e. The van der Waals surface area contributed by atoms with Crippen LogP contribution < -0.4 is 4.90 Å². The first-order valence-electron chi connectivity index (χ1n) is 9.90. The molecule has 1 aliphatic heterocycles. The number of β-amino-alcohol motifs (C(OH)–C–C–N with tert-alkyl or cyclic N) is 1. The van der Waals surface area contributed by atoms with Crippen molar-refractivity contribution in [3.05, 3.63) is 58.5 Å². The molecule has 2 aromatic carbocycles. The second kappa shape index (κ2) is 8.07. The number of aromatic nitrogens is 2. The Morgan fingerprint density at radius 1 is 1.00 bits per heavy atom. The van der Waals surface area contributed by atoms with E-state index in [1.54, 1.807) is 11.3 Å². The lowest BCUT2D eigenvalue weighted by Gasteiger charge is -2.35. The highest BCUT2D eigenvalue weighted by atomic mass is 79.9. The summed E-state index contributed by atoms with van der Waals surface area (Å²) in [7, 11) is 0. The topological polar surface area (TPSA) is 44.5 Å². The van der Waals surface area contributed by atoms with Crippen molar-refractivity contribution in [2.75, 3.05) is 37.6 Å². The molecule has 29 heavy (non-hydrogen) atoms. The number of hydrogen-bond acceptors (Lipinski definition) is 5. The quantitative estimate of drug-likeness (QED) is 0.474.